The van der Waals surface area contributed by atoms with Gasteiger partial charge in [0.05, 0.1) is 13.2 Å². The number of phenols is 2. The number of esters is 1. The van der Waals surface area contributed by atoms with Crippen molar-refractivity contribution < 1.29 is 78.5 Å². The molecule has 17 heteroatoms. The number of carbonyl (C=O) groups is 2. The maximum Gasteiger partial charge on any atom is 0.317 e. The average Bonchev–Trinajstić information content (AvgIpc) is 3.28. The third kappa shape index (κ3) is 6.76. The highest BCUT2D eigenvalue weighted by Crippen LogP contribution is 2.35. The van der Waals surface area contributed by atoms with Gasteiger partial charge in [0.2, 0.25) is 6.29 Å². The number of carbonyl (C=O) groups excluding carboxylic acids is 1. The molecule has 3 heterocycles. The number of fused-ring (bicyclic) bond motifs is 1. The van der Waals surface area contributed by atoms with Gasteiger partial charge in [-0.3, -0.25) is 14.4 Å². The van der Waals surface area contributed by atoms with E-state index in [-0.39, 0.29) is 28.2 Å². The highest BCUT2D eigenvalue weighted by atomic mass is 16.8. The lowest BCUT2D eigenvalue weighted by atomic mass is 9.98. The molecule has 0 radical (unpaired) electrons. The molecule has 2 aliphatic rings. The van der Waals surface area contributed by atoms with Gasteiger partial charge in [-0.15, -0.1) is 0 Å². The molecule has 248 valence electrons. The molecular formula is C29H30O17. The summed E-state index contributed by atoms with van der Waals surface area (Å²) in [5.74, 6) is -3.39. The van der Waals surface area contributed by atoms with Crippen molar-refractivity contribution in [2.75, 3.05) is 19.8 Å². The van der Waals surface area contributed by atoms with Gasteiger partial charge in [-0.25, -0.2) is 0 Å². The molecule has 1 aromatic heterocycles. The number of aliphatic hydroxyl groups is 5. The molecule has 8 atom stereocenters. The Morgan fingerprint density at radius 3 is 2.37 bits per heavy atom. The predicted molar refractivity (Wildman–Crippen MR) is 148 cm³/mol. The van der Waals surface area contributed by atoms with Gasteiger partial charge in [0.25, 0.3) is 0 Å². The Morgan fingerprint density at radius 2 is 1.72 bits per heavy atom. The van der Waals surface area contributed by atoms with E-state index in [1.807, 2.05) is 0 Å². The number of aliphatic carboxylic acids is 1. The highest BCUT2D eigenvalue weighted by Gasteiger charge is 2.53. The Labute approximate surface area is 257 Å². The van der Waals surface area contributed by atoms with Gasteiger partial charge >= 0.3 is 11.9 Å². The van der Waals surface area contributed by atoms with Crippen molar-refractivity contribution in [2.45, 2.75) is 55.1 Å². The molecule has 0 saturated carbocycles. The molecule has 0 amide bonds. The van der Waals surface area contributed by atoms with Crippen molar-refractivity contribution in [3.63, 3.8) is 0 Å². The zero-order valence-electron chi connectivity index (χ0n) is 23.7. The molecule has 2 saturated heterocycles. The number of rotatable bonds is 10. The SMILES string of the molecule is O=C(O)CC(=O)OCC1OC(Oc2cc(O)c3c(=O)cc(-c4ccc(O)cc4)oc3c2)C(OC2OCC(O)(CO)C2O)C(O)C1O. The number of carboxylic acid groups (broad SMARTS) is 1. The van der Waals surface area contributed by atoms with Crippen molar-refractivity contribution in [3.05, 3.63) is 52.7 Å². The molecular weight excluding hydrogens is 620 g/mol. The van der Waals surface area contributed by atoms with Crippen LogP contribution in [0.3, 0.4) is 0 Å². The first kappa shape index (κ1) is 33.0. The van der Waals surface area contributed by atoms with Crippen LogP contribution < -0.4 is 10.2 Å². The van der Waals surface area contributed by atoms with Gasteiger partial charge in [0, 0.05) is 23.8 Å². The maximum atomic E-state index is 12.9. The first-order valence-electron chi connectivity index (χ1n) is 13.7. The lowest BCUT2D eigenvalue weighted by Crippen LogP contribution is -2.62. The lowest BCUT2D eigenvalue weighted by Gasteiger charge is -2.42. The van der Waals surface area contributed by atoms with Crippen LogP contribution in [0.25, 0.3) is 22.3 Å². The molecule has 0 aliphatic carbocycles. The fourth-order valence-electron chi connectivity index (χ4n) is 4.91. The monoisotopic (exact) mass is 650 g/mol. The van der Waals surface area contributed by atoms with Crippen LogP contribution in [-0.4, -0.2) is 121 Å². The van der Waals surface area contributed by atoms with Gasteiger partial charge in [-0.2, -0.15) is 0 Å². The van der Waals surface area contributed by atoms with E-state index in [1.165, 1.54) is 30.3 Å². The molecule has 8 unspecified atom stereocenters. The van der Waals surface area contributed by atoms with Crippen molar-refractivity contribution in [2.24, 2.45) is 0 Å². The lowest BCUT2D eigenvalue weighted by molar-refractivity contribution is -0.319. The largest absolute Gasteiger partial charge is 0.508 e. The van der Waals surface area contributed by atoms with Crippen LogP contribution >= 0.6 is 0 Å². The number of hydrogen-bond acceptors (Lipinski definition) is 16. The topological polar surface area (TPSA) is 272 Å². The van der Waals surface area contributed by atoms with Crippen molar-refractivity contribution in [1.29, 1.82) is 0 Å². The molecule has 17 nitrogen and oxygen atoms in total. The van der Waals surface area contributed by atoms with Crippen molar-refractivity contribution in [3.8, 4) is 28.6 Å². The second kappa shape index (κ2) is 13.2. The maximum absolute atomic E-state index is 12.9. The third-order valence-corrected chi connectivity index (χ3v) is 7.41. The van der Waals surface area contributed by atoms with E-state index in [4.69, 9.17) is 33.2 Å². The van der Waals surface area contributed by atoms with Crippen molar-refractivity contribution in [1.82, 2.24) is 0 Å². The number of aliphatic hydroxyl groups excluding tert-OH is 4. The molecule has 2 aromatic carbocycles. The Balaban J connectivity index is 1.46. The quantitative estimate of drug-likeness (QED) is 0.0919. The van der Waals surface area contributed by atoms with Crippen molar-refractivity contribution >= 4 is 22.9 Å². The summed E-state index contributed by atoms with van der Waals surface area (Å²) in [6, 6.07) is 9.08. The summed E-state index contributed by atoms with van der Waals surface area (Å²) in [5.41, 5.74) is -2.46. The number of ether oxygens (including phenoxy) is 5. The minimum atomic E-state index is -2.11. The second-order valence-corrected chi connectivity index (χ2v) is 10.7. The number of benzene rings is 2. The van der Waals surface area contributed by atoms with Gasteiger partial charge in [-0.05, 0) is 24.3 Å². The number of carboxylic acids is 1. The second-order valence-electron chi connectivity index (χ2n) is 10.7. The third-order valence-electron chi connectivity index (χ3n) is 7.41. The van der Waals surface area contributed by atoms with Crippen LogP contribution in [0.1, 0.15) is 6.42 Å². The number of phenolic OH excluding ortho intramolecular Hbond substituents is 2. The molecule has 2 fully saturated rings. The molecule has 0 spiro atoms. The van der Waals surface area contributed by atoms with E-state index >= 15 is 0 Å². The fraction of sp³-hybridized carbons (Fsp3) is 0.414. The van der Waals surface area contributed by atoms with Crippen LogP contribution in [0.5, 0.6) is 17.2 Å². The van der Waals surface area contributed by atoms with Crippen LogP contribution in [0.15, 0.2) is 51.7 Å². The van der Waals surface area contributed by atoms with Gasteiger partial charge in [-0.1, -0.05) is 0 Å². The van der Waals surface area contributed by atoms with Gasteiger partial charge in [0.15, 0.2) is 17.8 Å². The van der Waals surface area contributed by atoms with Crippen LogP contribution in [0.2, 0.25) is 0 Å². The zero-order valence-corrected chi connectivity index (χ0v) is 23.7. The molecule has 2 aliphatic heterocycles. The Morgan fingerprint density at radius 1 is 1.00 bits per heavy atom. The molecule has 8 N–H and O–H groups in total. The standard InChI is InChI=1S/C29H30O17/c30-10-29(40)11-42-28(26(29)39)46-25-24(38)23(37)19(9-41-21(36)8-20(34)35)45-27(25)43-14-5-15(32)22-16(33)7-17(44-18(22)6-14)12-1-3-13(31)4-2-12/h1-7,19,23-28,30-32,37-40H,8-11H2,(H,34,35). The number of hydrogen-bond donors (Lipinski definition) is 8. The molecule has 3 aromatic rings. The van der Waals surface area contributed by atoms with E-state index in [0.717, 1.165) is 12.1 Å². The summed E-state index contributed by atoms with van der Waals surface area (Å²) in [6.45, 7) is -2.20. The van der Waals surface area contributed by atoms with Gasteiger partial charge in [0.1, 0.15) is 77.0 Å². The summed E-state index contributed by atoms with van der Waals surface area (Å²) in [4.78, 5) is 35.5. The average molecular weight is 651 g/mol. The van der Waals surface area contributed by atoms with Crippen LogP contribution in [-0.2, 0) is 28.5 Å². The highest BCUT2D eigenvalue weighted by molar-refractivity contribution is 5.90. The fourth-order valence-corrected chi connectivity index (χ4v) is 4.91. The Kier molecular flexibility index (Phi) is 9.47. The zero-order chi connectivity index (χ0) is 33.3. The normalized spacial score (nSPS) is 29.5. The first-order valence-corrected chi connectivity index (χ1v) is 13.7. The van der Waals surface area contributed by atoms with E-state index < -0.39 is 98.1 Å². The van der Waals surface area contributed by atoms with E-state index in [9.17, 15) is 50.1 Å². The van der Waals surface area contributed by atoms with E-state index in [1.54, 1.807) is 0 Å². The minimum absolute atomic E-state index is 0.0247. The summed E-state index contributed by atoms with van der Waals surface area (Å²) < 4.78 is 33.1. The molecule has 46 heavy (non-hydrogen) atoms. The van der Waals surface area contributed by atoms with E-state index in [0.29, 0.717) is 5.56 Å². The molecule has 0 bridgehead atoms. The number of aromatic hydroxyl groups is 2. The van der Waals surface area contributed by atoms with Gasteiger partial charge < -0.3 is 69.0 Å². The first-order chi connectivity index (χ1) is 21.8. The predicted octanol–water partition coefficient (Wildman–Crippen LogP) is -1.46. The minimum Gasteiger partial charge on any atom is -0.508 e. The summed E-state index contributed by atoms with van der Waals surface area (Å²) in [5, 5.41) is 80.9. The van der Waals surface area contributed by atoms with E-state index in [2.05, 4.69) is 0 Å². The summed E-state index contributed by atoms with van der Waals surface area (Å²) in [6.07, 6.45) is -13.2. The smallest absolute Gasteiger partial charge is 0.317 e. The van der Waals surface area contributed by atoms with Crippen LogP contribution in [0.4, 0.5) is 0 Å². The Bertz CT molecular complexity index is 1640. The molecule has 5 rings (SSSR count). The summed E-state index contributed by atoms with van der Waals surface area (Å²) in [7, 11) is 0. The van der Waals surface area contributed by atoms with Crippen LogP contribution in [0, 0.1) is 0 Å². The summed E-state index contributed by atoms with van der Waals surface area (Å²) >= 11 is 0. The Hall–Kier alpha value is -4.33.